The second-order valence-corrected chi connectivity index (χ2v) is 6.34. The fraction of sp³-hybridized carbons (Fsp3) is 0.588. The van der Waals surface area contributed by atoms with Crippen LogP contribution in [0.3, 0.4) is 0 Å². The highest BCUT2D eigenvalue weighted by atomic mass is 16.7. The summed E-state index contributed by atoms with van der Waals surface area (Å²) < 4.78 is 22.4. The molecule has 24 heavy (non-hydrogen) atoms. The molecule has 2 aliphatic heterocycles. The number of carbonyl (C=O) groups excluding carboxylic acids is 1. The highest BCUT2D eigenvalue weighted by molar-refractivity contribution is 6.05. The Morgan fingerprint density at radius 1 is 1.33 bits per heavy atom. The molecular formula is C17H24N2O5. The van der Waals surface area contributed by atoms with E-state index in [1.165, 1.54) is 0 Å². The number of hydrogen-bond acceptors (Lipinski definition) is 6. The predicted octanol–water partition coefficient (Wildman–Crippen LogP) is 0.906. The molecule has 1 amide bonds. The third-order valence-corrected chi connectivity index (χ3v) is 4.27. The minimum Gasteiger partial charge on any atom is -0.497 e. The van der Waals surface area contributed by atoms with Crippen molar-refractivity contribution in [3.63, 3.8) is 0 Å². The normalized spacial score (nSPS) is 28.8. The first-order valence-corrected chi connectivity index (χ1v) is 8.07. The molecule has 2 N–H and O–H groups in total. The van der Waals surface area contributed by atoms with Gasteiger partial charge < -0.3 is 29.6 Å². The van der Waals surface area contributed by atoms with E-state index in [2.05, 4.69) is 0 Å². The van der Waals surface area contributed by atoms with E-state index in [0.717, 1.165) is 11.4 Å². The summed E-state index contributed by atoms with van der Waals surface area (Å²) in [4.78, 5) is 14.3. The van der Waals surface area contributed by atoms with E-state index in [-0.39, 0.29) is 18.1 Å². The second kappa shape index (κ2) is 6.68. The highest BCUT2D eigenvalue weighted by Gasteiger charge is 2.56. The van der Waals surface area contributed by atoms with Gasteiger partial charge in [-0.15, -0.1) is 0 Å². The monoisotopic (exact) mass is 336 g/mol. The molecule has 0 unspecified atom stereocenters. The molecule has 2 saturated heterocycles. The number of carbonyl (C=O) groups is 1. The van der Waals surface area contributed by atoms with Gasteiger partial charge in [0.05, 0.1) is 20.3 Å². The number of rotatable bonds is 6. The molecular weight excluding hydrogens is 312 g/mol. The molecule has 0 aromatic heterocycles. The first kappa shape index (κ1) is 17.2. The van der Waals surface area contributed by atoms with Crippen molar-refractivity contribution in [2.24, 2.45) is 5.73 Å². The molecule has 2 fully saturated rings. The lowest BCUT2D eigenvalue weighted by Gasteiger charge is -2.48. The summed E-state index contributed by atoms with van der Waals surface area (Å²) >= 11 is 0. The van der Waals surface area contributed by atoms with Gasteiger partial charge in [-0.25, -0.2) is 0 Å². The summed E-state index contributed by atoms with van der Waals surface area (Å²) in [5, 5.41) is 0. The molecule has 7 nitrogen and oxygen atoms in total. The Hall–Kier alpha value is -1.67. The van der Waals surface area contributed by atoms with Crippen molar-refractivity contribution in [2.45, 2.75) is 37.9 Å². The van der Waals surface area contributed by atoms with Gasteiger partial charge in [0.15, 0.2) is 11.9 Å². The predicted molar refractivity (Wildman–Crippen MR) is 88.0 cm³/mol. The first-order chi connectivity index (χ1) is 11.5. The average molecular weight is 336 g/mol. The van der Waals surface area contributed by atoms with Crippen molar-refractivity contribution in [1.29, 1.82) is 0 Å². The highest BCUT2D eigenvalue weighted by Crippen LogP contribution is 2.37. The number of anilines is 1. The third-order valence-electron chi connectivity index (χ3n) is 4.27. The largest absolute Gasteiger partial charge is 0.497 e. The Labute approximate surface area is 141 Å². The molecule has 1 aromatic carbocycles. The zero-order valence-corrected chi connectivity index (χ0v) is 14.2. The Morgan fingerprint density at radius 3 is 2.58 bits per heavy atom. The smallest absolute Gasteiger partial charge is 0.258 e. The molecule has 0 spiro atoms. The molecule has 2 aliphatic rings. The van der Waals surface area contributed by atoms with E-state index in [0.29, 0.717) is 19.8 Å². The number of benzene rings is 1. The van der Waals surface area contributed by atoms with E-state index in [9.17, 15) is 4.79 Å². The van der Waals surface area contributed by atoms with Gasteiger partial charge in [-0.2, -0.15) is 0 Å². The first-order valence-electron chi connectivity index (χ1n) is 8.07. The van der Waals surface area contributed by atoms with Crippen LogP contribution in [0.4, 0.5) is 5.69 Å². The molecule has 0 radical (unpaired) electrons. The van der Waals surface area contributed by atoms with Crippen LogP contribution < -0.4 is 15.4 Å². The lowest BCUT2D eigenvalue weighted by atomic mass is 9.91. The van der Waals surface area contributed by atoms with Crippen LogP contribution in [-0.4, -0.2) is 56.8 Å². The molecule has 3 atom stereocenters. The van der Waals surface area contributed by atoms with E-state index in [4.69, 9.17) is 24.7 Å². The van der Waals surface area contributed by atoms with Gasteiger partial charge in [0.1, 0.15) is 17.9 Å². The van der Waals surface area contributed by atoms with Gasteiger partial charge in [-0.1, -0.05) is 0 Å². The van der Waals surface area contributed by atoms with Crippen LogP contribution in [0.25, 0.3) is 0 Å². The molecule has 132 valence electrons. The van der Waals surface area contributed by atoms with Crippen molar-refractivity contribution < 1.29 is 23.7 Å². The van der Waals surface area contributed by atoms with E-state index >= 15 is 0 Å². The third kappa shape index (κ3) is 3.12. The molecule has 2 heterocycles. The lowest BCUT2D eigenvalue weighted by molar-refractivity contribution is -0.162. The molecule has 0 bridgehead atoms. The summed E-state index contributed by atoms with van der Waals surface area (Å²) in [6, 6.07) is 7.11. The van der Waals surface area contributed by atoms with E-state index in [1.807, 2.05) is 38.1 Å². The molecule has 0 aliphatic carbocycles. The van der Waals surface area contributed by atoms with Crippen molar-refractivity contribution >= 4 is 11.6 Å². The van der Waals surface area contributed by atoms with Crippen molar-refractivity contribution in [3.8, 4) is 5.75 Å². The van der Waals surface area contributed by atoms with Gasteiger partial charge in [-0.3, -0.25) is 4.79 Å². The van der Waals surface area contributed by atoms with Gasteiger partial charge in [0.25, 0.3) is 5.91 Å². The molecule has 0 saturated carbocycles. The van der Waals surface area contributed by atoms with Crippen LogP contribution >= 0.6 is 0 Å². The summed E-state index contributed by atoms with van der Waals surface area (Å²) in [6.07, 6.45) is -0.805. The van der Waals surface area contributed by atoms with Crippen LogP contribution in [0.1, 0.15) is 13.8 Å². The van der Waals surface area contributed by atoms with Gasteiger partial charge in [0.2, 0.25) is 0 Å². The zero-order valence-electron chi connectivity index (χ0n) is 14.2. The maximum absolute atomic E-state index is 12.6. The number of methoxy groups -OCH3 is 1. The lowest BCUT2D eigenvalue weighted by Crippen LogP contribution is -2.71. The van der Waals surface area contributed by atoms with Gasteiger partial charge in [-0.05, 0) is 38.1 Å². The van der Waals surface area contributed by atoms with Crippen LogP contribution in [-0.2, 0) is 19.0 Å². The number of hydrogen-bond donors (Lipinski definition) is 1. The zero-order chi connectivity index (χ0) is 17.3. The Morgan fingerprint density at radius 2 is 2.04 bits per heavy atom. The Bertz CT molecular complexity index is 589. The summed E-state index contributed by atoms with van der Waals surface area (Å²) in [5.74, 6) is -0.0134. The number of nitrogens with two attached hydrogens (primary N) is 1. The molecule has 7 heteroatoms. The average Bonchev–Trinajstić information content (AvgIpc) is 2.92. The van der Waals surface area contributed by atoms with Crippen LogP contribution in [0, 0.1) is 0 Å². The maximum atomic E-state index is 12.6. The number of amides is 1. The fourth-order valence-corrected chi connectivity index (χ4v) is 3.14. The van der Waals surface area contributed by atoms with Crippen molar-refractivity contribution in [2.75, 3.05) is 31.8 Å². The minimum atomic E-state index is -0.659. The molecule has 3 rings (SSSR count). The number of β-lactam (4-membered cyclic amide) rings is 1. The quantitative estimate of drug-likeness (QED) is 0.778. The Balaban J connectivity index is 1.82. The van der Waals surface area contributed by atoms with Gasteiger partial charge >= 0.3 is 0 Å². The molecule has 1 aromatic rings. The van der Waals surface area contributed by atoms with E-state index < -0.39 is 11.9 Å². The number of ether oxygens (including phenoxy) is 4. The minimum absolute atomic E-state index is 0.0908. The maximum Gasteiger partial charge on any atom is 0.258 e. The topological polar surface area (TPSA) is 83.2 Å². The van der Waals surface area contributed by atoms with Gasteiger partial charge in [0, 0.05) is 12.2 Å². The van der Waals surface area contributed by atoms with E-state index in [1.54, 1.807) is 12.0 Å². The summed E-state index contributed by atoms with van der Waals surface area (Å²) in [6.45, 7) is 4.84. The van der Waals surface area contributed by atoms with Crippen molar-refractivity contribution in [1.82, 2.24) is 0 Å². The Kier molecular flexibility index (Phi) is 4.78. The SMILES string of the molecule is COc1ccc(N2C(=O)[C@H](OCCN)[C@@H]2[C@H]2COC(C)(C)O2)cc1. The van der Waals surface area contributed by atoms with Crippen LogP contribution in [0.2, 0.25) is 0 Å². The summed E-state index contributed by atoms with van der Waals surface area (Å²) in [7, 11) is 1.61. The second-order valence-electron chi connectivity index (χ2n) is 6.34. The van der Waals surface area contributed by atoms with Crippen LogP contribution in [0.5, 0.6) is 5.75 Å². The van der Waals surface area contributed by atoms with Crippen LogP contribution in [0.15, 0.2) is 24.3 Å². The summed E-state index contributed by atoms with van der Waals surface area (Å²) in [5.41, 5.74) is 6.29. The standard InChI is InChI=1S/C17H24N2O5/c1-17(2)23-10-13(24-17)14-15(22-9-8-18)16(20)19(14)11-4-6-12(21-3)7-5-11/h4-7,13-15H,8-10,18H2,1-3H3/t13-,14+,15-/m1/s1. The number of nitrogens with zero attached hydrogens (tertiary/aromatic N) is 1. The van der Waals surface area contributed by atoms with Crippen molar-refractivity contribution in [3.05, 3.63) is 24.3 Å². The fourth-order valence-electron chi connectivity index (χ4n) is 3.14.